The molecule has 0 radical (unpaired) electrons. The normalized spacial score (nSPS) is 10.6. The van der Waals surface area contributed by atoms with Gasteiger partial charge in [-0.3, -0.25) is 0 Å². The minimum Gasteiger partial charge on any atom is -0.475 e. The molecule has 0 saturated carbocycles. The maximum absolute atomic E-state index is 5.52. The van der Waals surface area contributed by atoms with E-state index in [0.717, 1.165) is 12.1 Å². The molecule has 78 valence electrons. The lowest BCUT2D eigenvalue weighted by Crippen LogP contribution is -2.20. The van der Waals surface area contributed by atoms with Gasteiger partial charge < -0.3 is 15.4 Å². The number of nitrogens with two attached hydrogens (primary N) is 1. The van der Waals surface area contributed by atoms with Gasteiger partial charge >= 0.3 is 0 Å². The lowest BCUT2D eigenvalue weighted by Gasteiger charge is -2.11. The van der Waals surface area contributed by atoms with Crippen LogP contribution in [0.4, 0.5) is 0 Å². The van der Waals surface area contributed by atoms with Crippen molar-refractivity contribution in [1.82, 2.24) is 15.1 Å². The predicted molar refractivity (Wildman–Crippen MR) is 54.0 cm³/mol. The van der Waals surface area contributed by atoms with Crippen molar-refractivity contribution in [1.29, 1.82) is 0 Å². The fourth-order valence-electron chi connectivity index (χ4n) is 0.946. The minimum atomic E-state index is 0.423. The van der Waals surface area contributed by atoms with Crippen molar-refractivity contribution >= 4 is 0 Å². The van der Waals surface area contributed by atoms with Crippen molar-refractivity contribution in [3.8, 4) is 5.88 Å². The summed E-state index contributed by atoms with van der Waals surface area (Å²) in [5.74, 6) is 0.539. The molecular weight excluding hydrogens is 180 g/mol. The number of nitrogens with zero attached hydrogens (tertiary/aromatic N) is 3. The molecular formula is C9H16N4O. The highest BCUT2D eigenvalue weighted by molar-refractivity contribution is 5.22. The summed E-state index contributed by atoms with van der Waals surface area (Å²) in [5.41, 5.74) is 6.41. The van der Waals surface area contributed by atoms with Crippen LogP contribution < -0.4 is 10.5 Å². The summed E-state index contributed by atoms with van der Waals surface area (Å²) < 4.78 is 5.44. The van der Waals surface area contributed by atoms with Crippen molar-refractivity contribution in [3.05, 3.63) is 17.8 Å². The molecule has 0 aliphatic heterocycles. The van der Waals surface area contributed by atoms with Crippen LogP contribution in [0, 0.1) is 0 Å². The van der Waals surface area contributed by atoms with Crippen molar-refractivity contribution in [2.75, 3.05) is 27.2 Å². The first kappa shape index (κ1) is 10.9. The zero-order chi connectivity index (χ0) is 10.4. The van der Waals surface area contributed by atoms with Crippen molar-refractivity contribution in [2.45, 2.75) is 6.54 Å². The van der Waals surface area contributed by atoms with Crippen LogP contribution in [-0.2, 0) is 6.54 Å². The standard InChI is InChI=1S/C9H16N4O/c1-13(2)5-6-14-9-8(7-10)3-4-11-12-9/h3-4H,5-7,10H2,1-2H3. The summed E-state index contributed by atoms with van der Waals surface area (Å²) in [6, 6.07) is 1.82. The van der Waals surface area contributed by atoms with E-state index in [1.165, 1.54) is 0 Å². The van der Waals surface area contributed by atoms with Crippen LogP contribution >= 0.6 is 0 Å². The number of rotatable bonds is 5. The first-order valence-corrected chi connectivity index (χ1v) is 4.52. The Hall–Kier alpha value is -1.20. The molecule has 1 heterocycles. The van der Waals surface area contributed by atoms with Gasteiger partial charge in [0.25, 0.3) is 0 Å². The van der Waals surface area contributed by atoms with Gasteiger partial charge in [-0.1, -0.05) is 0 Å². The van der Waals surface area contributed by atoms with Crippen LogP contribution in [0.3, 0.4) is 0 Å². The second-order valence-electron chi connectivity index (χ2n) is 3.22. The average molecular weight is 196 g/mol. The molecule has 0 aromatic carbocycles. The number of hydrogen-bond acceptors (Lipinski definition) is 5. The Morgan fingerprint density at radius 2 is 2.29 bits per heavy atom. The smallest absolute Gasteiger partial charge is 0.237 e. The van der Waals surface area contributed by atoms with E-state index >= 15 is 0 Å². The first-order valence-electron chi connectivity index (χ1n) is 4.52. The van der Waals surface area contributed by atoms with Gasteiger partial charge in [0.05, 0.1) is 6.20 Å². The fraction of sp³-hybridized carbons (Fsp3) is 0.556. The van der Waals surface area contributed by atoms with Crippen LogP contribution in [0.2, 0.25) is 0 Å². The van der Waals surface area contributed by atoms with E-state index in [9.17, 15) is 0 Å². The molecule has 0 spiro atoms. The van der Waals surface area contributed by atoms with E-state index in [1.807, 2.05) is 25.1 Å². The number of likely N-dealkylation sites (N-methyl/N-ethyl adjacent to an activating group) is 1. The Bertz CT molecular complexity index is 277. The Morgan fingerprint density at radius 3 is 2.93 bits per heavy atom. The van der Waals surface area contributed by atoms with Gasteiger partial charge in [0.2, 0.25) is 5.88 Å². The van der Waals surface area contributed by atoms with Crippen LogP contribution in [0.1, 0.15) is 5.56 Å². The summed E-state index contributed by atoms with van der Waals surface area (Å²) in [6.45, 7) is 1.87. The van der Waals surface area contributed by atoms with Crippen molar-refractivity contribution < 1.29 is 4.74 Å². The third-order valence-corrected chi connectivity index (χ3v) is 1.76. The maximum atomic E-state index is 5.52. The van der Waals surface area contributed by atoms with E-state index in [0.29, 0.717) is 19.0 Å². The Balaban J connectivity index is 2.49. The van der Waals surface area contributed by atoms with Crippen LogP contribution in [0.15, 0.2) is 12.3 Å². The molecule has 1 rings (SSSR count). The van der Waals surface area contributed by atoms with Gasteiger partial charge in [0, 0.05) is 18.7 Å². The van der Waals surface area contributed by atoms with Crippen LogP contribution in [0.5, 0.6) is 5.88 Å². The van der Waals surface area contributed by atoms with Gasteiger partial charge in [-0.15, -0.1) is 5.10 Å². The molecule has 0 unspecified atom stereocenters. The second kappa shape index (κ2) is 5.51. The summed E-state index contributed by atoms with van der Waals surface area (Å²) >= 11 is 0. The lowest BCUT2D eigenvalue weighted by atomic mass is 10.3. The lowest BCUT2D eigenvalue weighted by molar-refractivity contribution is 0.249. The molecule has 1 aromatic rings. The van der Waals surface area contributed by atoms with Gasteiger partial charge in [-0.05, 0) is 20.2 Å². The molecule has 0 atom stereocenters. The van der Waals surface area contributed by atoms with Crippen LogP contribution in [0.25, 0.3) is 0 Å². The summed E-state index contributed by atoms with van der Waals surface area (Å²) in [6.07, 6.45) is 1.61. The molecule has 5 nitrogen and oxygen atoms in total. The monoisotopic (exact) mass is 196 g/mol. The Morgan fingerprint density at radius 1 is 1.50 bits per heavy atom. The number of hydrogen-bond donors (Lipinski definition) is 1. The third-order valence-electron chi connectivity index (χ3n) is 1.76. The molecule has 2 N–H and O–H groups in total. The zero-order valence-electron chi connectivity index (χ0n) is 8.60. The molecule has 0 saturated heterocycles. The summed E-state index contributed by atoms with van der Waals surface area (Å²) in [7, 11) is 3.98. The number of ether oxygens (including phenoxy) is 1. The average Bonchev–Trinajstić information content (AvgIpc) is 2.18. The van der Waals surface area contributed by atoms with E-state index in [4.69, 9.17) is 10.5 Å². The maximum Gasteiger partial charge on any atom is 0.237 e. The van der Waals surface area contributed by atoms with Gasteiger partial charge in [0.15, 0.2) is 0 Å². The molecule has 0 aliphatic carbocycles. The number of aromatic nitrogens is 2. The van der Waals surface area contributed by atoms with Crippen LogP contribution in [-0.4, -0.2) is 42.3 Å². The molecule has 1 aromatic heterocycles. The highest BCUT2D eigenvalue weighted by atomic mass is 16.5. The van der Waals surface area contributed by atoms with E-state index < -0.39 is 0 Å². The predicted octanol–water partition coefficient (Wildman–Crippen LogP) is -0.124. The highest BCUT2D eigenvalue weighted by Crippen LogP contribution is 2.11. The largest absolute Gasteiger partial charge is 0.475 e. The summed E-state index contributed by atoms with van der Waals surface area (Å²) in [5, 5.41) is 7.62. The van der Waals surface area contributed by atoms with Crippen molar-refractivity contribution in [2.24, 2.45) is 5.73 Å². The van der Waals surface area contributed by atoms with Crippen molar-refractivity contribution in [3.63, 3.8) is 0 Å². The topological polar surface area (TPSA) is 64.3 Å². The van der Waals surface area contributed by atoms with E-state index in [1.54, 1.807) is 6.20 Å². The molecule has 0 aliphatic rings. The first-order chi connectivity index (χ1) is 6.74. The molecule has 14 heavy (non-hydrogen) atoms. The van der Waals surface area contributed by atoms with E-state index in [2.05, 4.69) is 10.2 Å². The zero-order valence-corrected chi connectivity index (χ0v) is 8.60. The molecule has 0 amide bonds. The molecule has 0 fully saturated rings. The van der Waals surface area contributed by atoms with Gasteiger partial charge in [-0.25, -0.2) is 0 Å². The van der Waals surface area contributed by atoms with E-state index in [-0.39, 0.29) is 0 Å². The molecule has 5 heteroatoms. The molecule has 0 bridgehead atoms. The fourth-order valence-corrected chi connectivity index (χ4v) is 0.946. The quantitative estimate of drug-likeness (QED) is 0.711. The highest BCUT2D eigenvalue weighted by Gasteiger charge is 2.03. The third kappa shape index (κ3) is 3.27. The minimum absolute atomic E-state index is 0.423. The summed E-state index contributed by atoms with van der Waals surface area (Å²) in [4.78, 5) is 2.04. The second-order valence-corrected chi connectivity index (χ2v) is 3.22. The SMILES string of the molecule is CN(C)CCOc1nnccc1CN. The Kier molecular flexibility index (Phi) is 4.28. The van der Waals surface area contributed by atoms with Gasteiger partial charge in [0.1, 0.15) is 6.61 Å². The van der Waals surface area contributed by atoms with Gasteiger partial charge in [-0.2, -0.15) is 5.10 Å². The Labute approximate surface area is 83.9 Å².